The molecule has 1 aromatic carbocycles. The summed E-state index contributed by atoms with van der Waals surface area (Å²) in [5.74, 6) is 3.25. The molecule has 1 saturated heterocycles. The minimum atomic E-state index is 0.696. The van der Waals surface area contributed by atoms with Crippen LogP contribution in [0.1, 0.15) is 39.5 Å². The molecule has 0 spiro atoms. The van der Waals surface area contributed by atoms with Crippen molar-refractivity contribution in [2.75, 3.05) is 51.3 Å². The molecule has 0 bridgehead atoms. The van der Waals surface area contributed by atoms with Crippen molar-refractivity contribution >= 4 is 11.6 Å². The second-order valence-electron chi connectivity index (χ2n) is 7.26. The molecule has 2 aliphatic heterocycles. The second kappa shape index (κ2) is 10.4. The molecule has 2 N–H and O–H groups in total. The van der Waals surface area contributed by atoms with E-state index in [1.807, 2.05) is 18.2 Å². The lowest BCUT2D eigenvalue weighted by Crippen LogP contribution is -2.34. The summed E-state index contributed by atoms with van der Waals surface area (Å²) >= 11 is 0. The summed E-state index contributed by atoms with van der Waals surface area (Å²) in [5, 5.41) is 6.74. The van der Waals surface area contributed by atoms with Gasteiger partial charge in [0.15, 0.2) is 17.5 Å². The lowest BCUT2D eigenvalue weighted by molar-refractivity contribution is 0.188. The molecule has 0 aliphatic carbocycles. The first-order valence-corrected chi connectivity index (χ1v) is 10.5. The molecule has 0 saturated carbocycles. The molecule has 6 heteroatoms. The number of benzene rings is 1. The molecule has 0 radical (unpaired) electrons. The van der Waals surface area contributed by atoms with Crippen LogP contribution >= 0.6 is 0 Å². The quantitative estimate of drug-likeness (QED) is 0.591. The number of hydrogen-bond acceptors (Lipinski definition) is 4. The van der Waals surface area contributed by atoms with E-state index in [9.17, 15) is 0 Å². The smallest absolute Gasteiger partial charge is 0.195 e. The van der Waals surface area contributed by atoms with Crippen molar-refractivity contribution in [1.82, 2.24) is 10.2 Å². The molecular weight excluding hydrogens is 340 g/mol. The maximum absolute atomic E-state index is 5.78. The predicted octanol–water partition coefficient (Wildman–Crippen LogP) is 3.35. The SMILES string of the molecule is CCNC(=NCCC1CCN(CC)CC1)Nc1ccc2c(c1)OCCCO2. The normalized spacial score (nSPS) is 18.8. The van der Waals surface area contributed by atoms with Crippen LogP contribution in [0.15, 0.2) is 23.2 Å². The zero-order valence-electron chi connectivity index (χ0n) is 16.8. The third-order valence-corrected chi connectivity index (χ3v) is 5.32. The first-order valence-electron chi connectivity index (χ1n) is 10.5. The second-order valence-corrected chi connectivity index (χ2v) is 7.26. The van der Waals surface area contributed by atoms with Crippen LogP contribution in [-0.4, -0.2) is 56.8 Å². The van der Waals surface area contributed by atoms with Crippen molar-refractivity contribution in [2.45, 2.75) is 39.5 Å². The molecule has 0 amide bonds. The Morgan fingerprint density at radius 3 is 2.67 bits per heavy atom. The van der Waals surface area contributed by atoms with E-state index >= 15 is 0 Å². The highest BCUT2D eigenvalue weighted by atomic mass is 16.5. The van der Waals surface area contributed by atoms with Crippen LogP contribution in [0.3, 0.4) is 0 Å². The van der Waals surface area contributed by atoms with Crippen LogP contribution in [0.2, 0.25) is 0 Å². The number of nitrogens with one attached hydrogen (secondary N) is 2. The van der Waals surface area contributed by atoms with Gasteiger partial charge >= 0.3 is 0 Å². The fraction of sp³-hybridized carbons (Fsp3) is 0.667. The van der Waals surface area contributed by atoms with E-state index in [1.54, 1.807) is 0 Å². The number of likely N-dealkylation sites (tertiary alicyclic amines) is 1. The number of hydrogen-bond donors (Lipinski definition) is 2. The van der Waals surface area contributed by atoms with Gasteiger partial charge in [-0.1, -0.05) is 6.92 Å². The number of nitrogens with zero attached hydrogens (tertiary/aromatic N) is 2. The zero-order chi connectivity index (χ0) is 18.9. The zero-order valence-corrected chi connectivity index (χ0v) is 16.8. The average Bonchev–Trinajstić information content (AvgIpc) is 2.93. The van der Waals surface area contributed by atoms with E-state index in [-0.39, 0.29) is 0 Å². The van der Waals surface area contributed by atoms with Gasteiger partial charge in [-0.2, -0.15) is 0 Å². The number of ether oxygens (including phenoxy) is 2. The van der Waals surface area contributed by atoms with Gasteiger partial charge in [0, 0.05) is 31.3 Å². The Labute approximate surface area is 163 Å². The van der Waals surface area contributed by atoms with E-state index in [4.69, 9.17) is 14.5 Å². The summed E-state index contributed by atoms with van der Waals surface area (Å²) in [6.07, 6.45) is 4.68. The van der Waals surface area contributed by atoms with Crippen LogP contribution in [0.4, 0.5) is 5.69 Å². The molecule has 0 unspecified atom stereocenters. The topological polar surface area (TPSA) is 58.1 Å². The minimum Gasteiger partial charge on any atom is -0.490 e. The summed E-state index contributed by atoms with van der Waals surface area (Å²) in [7, 11) is 0. The summed E-state index contributed by atoms with van der Waals surface area (Å²) in [6.45, 7) is 11.1. The van der Waals surface area contributed by atoms with Crippen molar-refractivity contribution in [1.29, 1.82) is 0 Å². The van der Waals surface area contributed by atoms with Crippen molar-refractivity contribution in [3.8, 4) is 11.5 Å². The number of rotatable bonds is 6. The van der Waals surface area contributed by atoms with E-state index < -0.39 is 0 Å². The van der Waals surface area contributed by atoms with E-state index in [1.165, 1.54) is 32.5 Å². The van der Waals surface area contributed by atoms with Crippen LogP contribution < -0.4 is 20.1 Å². The largest absolute Gasteiger partial charge is 0.490 e. The Balaban J connectivity index is 1.54. The number of anilines is 1. The highest BCUT2D eigenvalue weighted by Gasteiger charge is 2.17. The van der Waals surface area contributed by atoms with Crippen molar-refractivity contribution in [3.63, 3.8) is 0 Å². The van der Waals surface area contributed by atoms with Gasteiger partial charge in [-0.05, 0) is 63.9 Å². The minimum absolute atomic E-state index is 0.696. The van der Waals surface area contributed by atoms with Crippen molar-refractivity contribution < 1.29 is 9.47 Å². The van der Waals surface area contributed by atoms with E-state index in [2.05, 4.69) is 29.4 Å². The molecule has 150 valence electrons. The Morgan fingerprint density at radius 1 is 1.15 bits per heavy atom. The van der Waals surface area contributed by atoms with Crippen LogP contribution in [0, 0.1) is 5.92 Å². The van der Waals surface area contributed by atoms with Crippen LogP contribution in [0.25, 0.3) is 0 Å². The number of guanidine groups is 1. The molecule has 0 atom stereocenters. The van der Waals surface area contributed by atoms with Crippen molar-refractivity contribution in [2.24, 2.45) is 10.9 Å². The average molecular weight is 375 g/mol. The van der Waals surface area contributed by atoms with Crippen LogP contribution in [0.5, 0.6) is 11.5 Å². The first-order chi connectivity index (χ1) is 13.3. The Morgan fingerprint density at radius 2 is 1.93 bits per heavy atom. The van der Waals surface area contributed by atoms with Crippen molar-refractivity contribution in [3.05, 3.63) is 18.2 Å². The fourth-order valence-electron chi connectivity index (χ4n) is 3.64. The molecule has 2 aliphatic rings. The summed E-state index contributed by atoms with van der Waals surface area (Å²) in [5.41, 5.74) is 0.968. The summed E-state index contributed by atoms with van der Waals surface area (Å²) in [6, 6.07) is 5.98. The standard InChI is InChI=1S/C21H34N4O2/c1-3-22-21(23-11-8-17-9-12-25(4-2)13-10-17)24-18-6-7-19-20(16-18)27-15-5-14-26-19/h6-7,16-17H,3-5,8-15H2,1-2H3,(H2,22,23,24). The fourth-order valence-corrected chi connectivity index (χ4v) is 3.64. The maximum atomic E-state index is 5.78. The Bertz CT molecular complexity index is 612. The van der Waals surface area contributed by atoms with Gasteiger partial charge in [-0.25, -0.2) is 0 Å². The molecule has 0 aromatic heterocycles. The lowest BCUT2D eigenvalue weighted by Gasteiger charge is -2.30. The van der Waals surface area contributed by atoms with Gasteiger partial charge in [0.25, 0.3) is 0 Å². The summed E-state index contributed by atoms with van der Waals surface area (Å²) < 4.78 is 11.5. The summed E-state index contributed by atoms with van der Waals surface area (Å²) in [4.78, 5) is 7.32. The van der Waals surface area contributed by atoms with Gasteiger partial charge < -0.3 is 25.0 Å². The van der Waals surface area contributed by atoms with Gasteiger partial charge in [0.1, 0.15) is 0 Å². The molecular formula is C21H34N4O2. The highest BCUT2D eigenvalue weighted by molar-refractivity contribution is 5.93. The van der Waals surface area contributed by atoms with Gasteiger partial charge in [-0.3, -0.25) is 4.99 Å². The number of piperidine rings is 1. The third kappa shape index (κ3) is 6.03. The third-order valence-electron chi connectivity index (χ3n) is 5.32. The molecule has 1 fully saturated rings. The monoisotopic (exact) mass is 374 g/mol. The Kier molecular flexibility index (Phi) is 7.63. The molecule has 1 aromatic rings. The molecule has 3 rings (SSSR count). The molecule has 6 nitrogen and oxygen atoms in total. The lowest BCUT2D eigenvalue weighted by atomic mass is 9.94. The van der Waals surface area contributed by atoms with Gasteiger partial charge in [0.2, 0.25) is 0 Å². The number of fused-ring (bicyclic) bond motifs is 1. The highest BCUT2D eigenvalue weighted by Crippen LogP contribution is 2.32. The molecule has 27 heavy (non-hydrogen) atoms. The first kappa shape index (κ1) is 19.8. The maximum Gasteiger partial charge on any atom is 0.195 e. The predicted molar refractivity (Wildman–Crippen MR) is 111 cm³/mol. The Hall–Kier alpha value is -1.95. The van der Waals surface area contributed by atoms with E-state index in [0.29, 0.717) is 13.2 Å². The number of aliphatic imine (C=N–C) groups is 1. The van der Waals surface area contributed by atoms with Crippen LogP contribution in [-0.2, 0) is 0 Å². The van der Waals surface area contributed by atoms with E-state index in [0.717, 1.165) is 55.0 Å². The van der Waals surface area contributed by atoms with Gasteiger partial charge in [0.05, 0.1) is 13.2 Å². The molecule has 2 heterocycles. The van der Waals surface area contributed by atoms with Gasteiger partial charge in [-0.15, -0.1) is 0 Å².